The van der Waals surface area contributed by atoms with Crippen LogP contribution in [-0.2, 0) is 0 Å². The molecular formula is C25H26N4O. The first-order chi connectivity index (χ1) is 14.8. The van der Waals surface area contributed by atoms with E-state index in [1.807, 2.05) is 36.7 Å². The monoisotopic (exact) mass is 398 g/mol. The normalized spacial score (nSPS) is 29.7. The molecule has 1 N–H and O–H groups in total. The molecule has 4 fully saturated rings. The first-order valence-corrected chi connectivity index (χ1v) is 11.0. The number of benzene rings is 2. The van der Waals surface area contributed by atoms with Gasteiger partial charge in [0.05, 0.1) is 6.04 Å². The summed E-state index contributed by atoms with van der Waals surface area (Å²) >= 11 is 0. The van der Waals surface area contributed by atoms with Crippen LogP contribution in [0.15, 0.2) is 67.0 Å². The second-order valence-electron chi connectivity index (χ2n) is 8.89. The number of carbonyl (C=O) groups is 1. The van der Waals surface area contributed by atoms with Gasteiger partial charge < -0.3 is 10.2 Å². The topological polar surface area (TPSA) is 48.5 Å². The number of nitrogens with zero attached hydrogens (tertiary/aromatic N) is 3. The standard InChI is InChI=1S/C25H26N4O/c30-25(27-21-8-7-17-4-1-2-5-19(17)14-21)29-16-22(20-6-3-11-26-15-20)24-23(29)18-9-12-28(24)13-10-18/h1-8,11,14-15,18,22-24H,9-10,12-13,16H2,(H,27,30). The smallest absolute Gasteiger partial charge is 0.319 e. The van der Waals surface area contributed by atoms with E-state index in [4.69, 9.17) is 0 Å². The quantitative estimate of drug-likeness (QED) is 0.699. The number of anilines is 1. The summed E-state index contributed by atoms with van der Waals surface area (Å²) in [6, 6.07) is 19.3. The van der Waals surface area contributed by atoms with Crippen molar-refractivity contribution in [2.45, 2.75) is 30.8 Å². The van der Waals surface area contributed by atoms with E-state index in [1.54, 1.807) is 0 Å². The van der Waals surface area contributed by atoms with Gasteiger partial charge in [-0.1, -0.05) is 36.4 Å². The van der Waals surface area contributed by atoms with Gasteiger partial charge >= 0.3 is 6.03 Å². The first-order valence-electron chi connectivity index (χ1n) is 11.0. The number of pyridine rings is 1. The van der Waals surface area contributed by atoms with E-state index in [0.717, 1.165) is 30.7 Å². The van der Waals surface area contributed by atoms with Crippen LogP contribution in [-0.4, -0.2) is 52.5 Å². The summed E-state index contributed by atoms with van der Waals surface area (Å²) < 4.78 is 0. The van der Waals surface area contributed by atoms with Crippen molar-refractivity contribution in [1.82, 2.24) is 14.8 Å². The summed E-state index contributed by atoms with van der Waals surface area (Å²) in [5.74, 6) is 0.929. The van der Waals surface area contributed by atoms with Gasteiger partial charge in [0.15, 0.2) is 0 Å². The summed E-state index contributed by atoms with van der Waals surface area (Å²) in [6.45, 7) is 3.07. The lowest BCUT2D eigenvalue weighted by Crippen LogP contribution is -2.61. The number of hydrogen-bond donors (Lipinski definition) is 1. The zero-order valence-electron chi connectivity index (χ0n) is 16.9. The fraction of sp³-hybridized carbons (Fsp3) is 0.360. The van der Waals surface area contributed by atoms with Crippen LogP contribution in [0.3, 0.4) is 0 Å². The molecule has 4 aliphatic rings. The number of piperidine rings is 3. The molecule has 30 heavy (non-hydrogen) atoms. The van der Waals surface area contributed by atoms with Crippen molar-refractivity contribution in [2.75, 3.05) is 25.0 Å². The lowest BCUT2D eigenvalue weighted by atomic mass is 9.75. The average molecular weight is 399 g/mol. The number of aromatic nitrogens is 1. The Morgan fingerprint density at radius 3 is 2.60 bits per heavy atom. The van der Waals surface area contributed by atoms with Crippen molar-refractivity contribution in [3.63, 3.8) is 0 Å². The zero-order chi connectivity index (χ0) is 20.1. The maximum absolute atomic E-state index is 13.4. The van der Waals surface area contributed by atoms with E-state index in [2.05, 4.69) is 50.4 Å². The van der Waals surface area contributed by atoms with Gasteiger partial charge in [-0.2, -0.15) is 0 Å². The lowest BCUT2D eigenvalue weighted by molar-refractivity contribution is 0.00493. The van der Waals surface area contributed by atoms with Gasteiger partial charge in [-0.25, -0.2) is 4.79 Å². The minimum atomic E-state index is 0.0282. The molecule has 0 saturated carbocycles. The number of urea groups is 1. The predicted molar refractivity (Wildman–Crippen MR) is 119 cm³/mol. The van der Waals surface area contributed by atoms with Gasteiger partial charge in [-0.15, -0.1) is 0 Å². The van der Waals surface area contributed by atoms with Crippen LogP contribution in [0.5, 0.6) is 0 Å². The molecule has 0 radical (unpaired) electrons. The van der Waals surface area contributed by atoms with Crippen LogP contribution in [0.2, 0.25) is 0 Å². The van der Waals surface area contributed by atoms with Gasteiger partial charge in [-0.05, 0) is 66.4 Å². The summed E-state index contributed by atoms with van der Waals surface area (Å²) in [5, 5.41) is 5.52. The molecule has 4 saturated heterocycles. The molecule has 3 atom stereocenters. The van der Waals surface area contributed by atoms with E-state index in [9.17, 15) is 4.79 Å². The SMILES string of the molecule is O=C(Nc1ccc2ccccc2c1)N1CC(c2cccnc2)C2C1C1CCN2CC1. The highest BCUT2D eigenvalue weighted by atomic mass is 16.2. The van der Waals surface area contributed by atoms with Crippen LogP contribution in [0.25, 0.3) is 10.8 Å². The Hall–Kier alpha value is -2.92. The summed E-state index contributed by atoms with van der Waals surface area (Å²) in [6.07, 6.45) is 6.20. The number of amides is 2. The molecule has 0 spiro atoms. The van der Waals surface area contributed by atoms with E-state index in [1.165, 1.54) is 23.8 Å². The Bertz CT molecular complexity index is 1080. The van der Waals surface area contributed by atoms with Crippen molar-refractivity contribution in [1.29, 1.82) is 0 Å². The molecule has 3 aromatic rings. The average Bonchev–Trinajstić information content (AvgIpc) is 3.24. The van der Waals surface area contributed by atoms with Gasteiger partial charge in [0.2, 0.25) is 0 Å². The highest BCUT2D eigenvalue weighted by molar-refractivity contribution is 5.94. The number of hydrogen-bond acceptors (Lipinski definition) is 3. The third kappa shape index (κ3) is 2.88. The maximum Gasteiger partial charge on any atom is 0.322 e. The number of nitrogens with one attached hydrogen (secondary N) is 1. The fourth-order valence-electron chi connectivity index (χ4n) is 6.01. The summed E-state index contributed by atoms with van der Waals surface area (Å²) in [5.41, 5.74) is 2.11. The van der Waals surface area contributed by atoms with Crippen molar-refractivity contribution in [3.05, 3.63) is 72.6 Å². The van der Waals surface area contributed by atoms with Crippen LogP contribution in [0.1, 0.15) is 24.3 Å². The maximum atomic E-state index is 13.4. The Labute approximate surface area is 176 Å². The second-order valence-corrected chi connectivity index (χ2v) is 8.89. The molecule has 0 aliphatic carbocycles. The molecule has 5 heterocycles. The minimum Gasteiger partial charge on any atom is -0.319 e. The Kier molecular flexibility index (Phi) is 4.23. The van der Waals surface area contributed by atoms with Crippen LogP contribution in [0.4, 0.5) is 10.5 Å². The summed E-state index contributed by atoms with van der Waals surface area (Å²) in [4.78, 5) is 22.5. The van der Waals surface area contributed by atoms with Crippen molar-refractivity contribution >= 4 is 22.5 Å². The molecular weight excluding hydrogens is 372 g/mol. The Morgan fingerprint density at radius 2 is 1.80 bits per heavy atom. The molecule has 1 aromatic heterocycles. The lowest BCUT2D eigenvalue weighted by Gasteiger charge is -2.51. The van der Waals surface area contributed by atoms with Crippen LogP contribution >= 0.6 is 0 Å². The molecule has 5 heteroatoms. The molecule has 3 unspecified atom stereocenters. The summed E-state index contributed by atoms with van der Waals surface area (Å²) in [7, 11) is 0. The van der Waals surface area contributed by atoms with Gasteiger partial charge in [0.25, 0.3) is 0 Å². The van der Waals surface area contributed by atoms with Crippen LogP contribution < -0.4 is 5.32 Å². The Balaban J connectivity index is 1.30. The largest absolute Gasteiger partial charge is 0.322 e. The molecule has 5 nitrogen and oxygen atoms in total. The predicted octanol–water partition coefficient (Wildman–Crippen LogP) is 4.33. The molecule has 4 aliphatic heterocycles. The molecule has 152 valence electrons. The minimum absolute atomic E-state index is 0.0282. The first kappa shape index (κ1) is 17.9. The second kappa shape index (κ2) is 7.10. The van der Waals surface area contributed by atoms with Crippen molar-refractivity contribution < 1.29 is 4.79 Å². The van der Waals surface area contributed by atoms with E-state index in [0.29, 0.717) is 17.9 Å². The fourth-order valence-corrected chi connectivity index (χ4v) is 6.01. The highest BCUT2D eigenvalue weighted by Gasteiger charge is 2.54. The van der Waals surface area contributed by atoms with Crippen LogP contribution in [0, 0.1) is 5.92 Å². The number of fused-ring (bicyclic) bond motifs is 3. The van der Waals surface area contributed by atoms with Crippen molar-refractivity contribution in [3.8, 4) is 0 Å². The van der Waals surface area contributed by atoms with Gasteiger partial charge in [0.1, 0.15) is 0 Å². The van der Waals surface area contributed by atoms with E-state index < -0.39 is 0 Å². The van der Waals surface area contributed by atoms with E-state index >= 15 is 0 Å². The number of rotatable bonds is 2. The van der Waals surface area contributed by atoms with Crippen molar-refractivity contribution in [2.24, 2.45) is 5.92 Å². The van der Waals surface area contributed by atoms with Gasteiger partial charge in [0, 0.05) is 36.6 Å². The third-order valence-electron chi connectivity index (χ3n) is 7.37. The number of carbonyl (C=O) groups excluding carboxylic acids is 1. The van der Waals surface area contributed by atoms with Gasteiger partial charge in [-0.3, -0.25) is 9.88 Å². The Morgan fingerprint density at radius 1 is 0.967 bits per heavy atom. The molecule has 2 amide bonds. The van der Waals surface area contributed by atoms with E-state index in [-0.39, 0.29) is 12.1 Å². The molecule has 7 rings (SSSR count). The highest BCUT2D eigenvalue weighted by Crippen LogP contribution is 2.46. The molecule has 2 bridgehead atoms. The third-order valence-corrected chi connectivity index (χ3v) is 7.37. The molecule has 2 aromatic carbocycles. The number of likely N-dealkylation sites (tertiary alicyclic amines) is 1. The zero-order valence-corrected chi connectivity index (χ0v) is 16.9.